The molecular weight excluding hydrogens is 969 g/mol. The van der Waals surface area contributed by atoms with Crippen molar-refractivity contribution >= 4 is 109 Å². The van der Waals surface area contributed by atoms with Crippen LogP contribution in [-0.2, 0) is 0 Å². The van der Waals surface area contributed by atoms with Crippen molar-refractivity contribution in [2.45, 2.75) is 0 Å². The van der Waals surface area contributed by atoms with Gasteiger partial charge in [-0.3, -0.25) is 0 Å². The number of rotatable bonds is 6. The zero-order valence-corrected chi connectivity index (χ0v) is 43.4. The predicted octanol–water partition coefficient (Wildman–Crippen LogP) is 22.4. The van der Waals surface area contributed by atoms with Gasteiger partial charge in [0.2, 0.25) is 0 Å². The molecular formula is C78H46O2. The molecule has 2 heteroatoms. The first kappa shape index (κ1) is 44.6. The maximum absolute atomic E-state index is 6.47. The van der Waals surface area contributed by atoms with E-state index in [2.05, 4.69) is 267 Å². The van der Waals surface area contributed by atoms with Gasteiger partial charge in [-0.1, -0.05) is 218 Å². The summed E-state index contributed by atoms with van der Waals surface area (Å²) < 4.78 is 12.9. The van der Waals surface area contributed by atoms with Crippen molar-refractivity contribution in [1.29, 1.82) is 0 Å². The molecule has 0 bridgehead atoms. The molecule has 0 spiro atoms. The van der Waals surface area contributed by atoms with E-state index in [1.54, 1.807) is 0 Å². The highest BCUT2D eigenvalue weighted by atomic mass is 16.3. The van der Waals surface area contributed by atoms with Gasteiger partial charge in [-0.05, 0) is 192 Å². The predicted molar refractivity (Wildman–Crippen MR) is 339 cm³/mol. The van der Waals surface area contributed by atoms with Crippen LogP contribution in [0.5, 0.6) is 0 Å². The van der Waals surface area contributed by atoms with E-state index in [1.807, 2.05) is 12.1 Å². The summed E-state index contributed by atoms with van der Waals surface area (Å²) in [6.07, 6.45) is 0. The molecule has 0 N–H and O–H groups in total. The van der Waals surface area contributed by atoms with Crippen LogP contribution in [0.2, 0.25) is 0 Å². The van der Waals surface area contributed by atoms with Crippen molar-refractivity contribution in [3.63, 3.8) is 0 Å². The second kappa shape index (κ2) is 17.5. The summed E-state index contributed by atoms with van der Waals surface area (Å²) in [5, 5.41) is 19.2. The van der Waals surface area contributed by atoms with E-state index in [1.165, 1.54) is 120 Å². The summed E-state index contributed by atoms with van der Waals surface area (Å²) in [5.74, 6) is 0. The van der Waals surface area contributed by atoms with E-state index in [0.29, 0.717) is 0 Å². The summed E-state index contributed by atoms with van der Waals surface area (Å²) in [6.45, 7) is 0. The van der Waals surface area contributed by atoms with Gasteiger partial charge in [0.1, 0.15) is 22.3 Å². The van der Waals surface area contributed by atoms with Crippen molar-refractivity contribution in [2.24, 2.45) is 0 Å². The number of fused-ring (bicyclic) bond motifs is 13. The van der Waals surface area contributed by atoms with Crippen molar-refractivity contribution in [2.75, 3.05) is 0 Å². The lowest BCUT2D eigenvalue weighted by molar-refractivity contribution is 0.668. The standard InChI is InChI=1S/C78H46O2/c1-2-22-55-51(17-1)44-70(78-67-31-9-7-29-65(67)77(66-30-8-10-32-68(66)78)54-37-40-60-58-24-12-14-34-72(58)80-74(60)46-54)56-38-35-50(43-69(55)56)48-19-15-18-47(41-48)49-20-16-21-52(42-49)75-61-25-3-5-27-63(61)76(64-28-6-4-26-62(64)75)53-36-39-59-57-23-11-13-33-71(57)79-73(59)45-53/h1-46H. The molecule has 0 aliphatic heterocycles. The number of benzene rings is 15. The topological polar surface area (TPSA) is 26.3 Å². The highest BCUT2D eigenvalue weighted by Crippen LogP contribution is 2.49. The monoisotopic (exact) mass is 1010 g/mol. The van der Waals surface area contributed by atoms with Crippen molar-refractivity contribution in [3.8, 4) is 66.8 Å². The summed E-state index contributed by atoms with van der Waals surface area (Å²) in [6, 6.07) is 102. The largest absolute Gasteiger partial charge is 0.456 e. The molecule has 2 heterocycles. The minimum absolute atomic E-state index is 0.898. The van der Waals surface area contributed by atoms with Crippen molar-refractivity contribution in [1.82, 2.24) is 0 Å². The van der Waals surface area contributed by atoms with E-state index < -0.39 is 0 Å². The molecule has 370 valence electrons. The minimum Gasteiger partial charge on any atom is -0.456 e. The zero-order chi connectivity index (χ0) is 52.4. The van der Waals surface area contributed by atoms with Gasteiger partial charge in [-0.15, -0.1) is 0 Å². The first-order valence-corrected chi connectivity index (χ1v) is 27.5. The first-order chi connectivity index (χ1) is 39.7. The average molecular weight is 1020 g/mol. The molecule has 2 aromatic heterocycles. The number of hydrogen-bond acceptors (Lipinski definition) is 2. The highest BCUT2D eigenvalue weighted by Gasteiger charge is 2.22. The van der Waals surface area contributed by atoms with Gasteiger partial charge in [0.05, 0.1) is 0 Å². The fourth-order valence-electron chi connectivity index (χ4n) is 13.5. The Morgan fingerprint density at radius 3 is 0.963 bits per heavy atom. The summed E-state index contributed by atoms with van der Waals surface area (Å²) in [7, 11) is 0. The quantitative estimate of drug-likeness (QED) is 0.123. The summed E-state index contributed by atoms with van der Waals surface area (Å²) >= 11 is 0. The van der Waals surface area contributed by atoms with Crippen LogP contribution < -0.4 is 0 Å². The van der Waals surface area contributed by atoms with E-state index in [4.69, 9.17) is 8.83 Å². The third kappa shape index (κ3) is 6.79. The Morgan fingerprint density at radius 1 is 0.163 bits per heavy atom. The van der Waals surface area contributed by atoms with Crippen molar-refractivity contribution < 1.29 is 8.83 Å². The van der Waals surface area contributed by atoms with Crippen LogP contribution in [0, 0.1) is 0 Å². The number of hydrogen-bond donors (Lipinski definition) is 0. The fourth-order valence-corrected chi connectivity index (χ4v) is 13.5. The lowest BCUT2D eigenvalue weighted by atomic mass is 9.83. The maximum atomic E-state index is 6.47. The third-order valence-corrected chi connectivity index (χ3v) is 17.0. The smallest absolute Gasteiger partial charge is 0.136 e. The van der Waals surface area contributed by atoms with Crippen molar-refractivity contribution in [3.05, 3.63) is 279 Å². The van der Waals surface area contributed by atoms with Gasteiger partial charge in [-0.25, -0.2) is 0 Å². The number of para-hydroxylation sites is 2. The number of furan rings is 2. The van der Waals surface area contributed by atoms with Crippen LogP contribution >= 0.6 is 0 Å². The van der Waals surface area contributed by atoms with Gasteiger partial charge in [0, 0.05) is 21.5 Å². The van der Waals surface area contributed by atoms with Crippen LogP contribution in [-0.4, -0.2) is 0 Å². The molecule has 0 atom stereocenters. The maximum Gasteiger partial charge on any atom is 0.136 e. The molecule has 15 aromatic carbocycles. The zero-order valence-electron chi connectivity index (χ0n) is 43.4. The van der Waals surface area contributed by atoms with Crippen LogP contribution in [0.4, 0.5) is 0 Å². The lowest BCUT2D eigenvalue weighted by Gasteiger charge is -2.20. The second-order valence-corrected chi connectivity index (χ2v) is 21.4. The Balaban J connectivity index is 0.791. The molecule has 0 fully saturated rings. The summed E-state index contributed by atoms with van der Waals surface area (Å²) in [4.78, 5) is 0. The van der Waals surface area contributed by atoms with E-state index in [9.17, 15) is 0 Å². The second-order valence-electron chi connectivity index (χ2n) is 21.4. The third-order valence-electron chi connectivity index (χ3n) is 17.0. The van der Waals surface area contributed by atoms with Crippen LogP contribution in [0.25, 0.3) is 175 Å². The van der Waals surface area contributed by atoms with Crippen LogP contribution in [0.3, 0.4) is 0 Å². The normalized spacial score (nSPS) is 12.0. The Morgan fingerprint density at radius 2 is 0.487 bits per heavy atom. The minimum atomic E-state index is 0.898. The highest BCUT2D eigenvalue weighted by molar-refractivity contribution is 6.27. The van der Waals surface area contributed by atoms with E-state index in [0.717, 1.165) is 55.0 Å². The molecule has 80 heavy (non-hydrogen) atoms. The summed E-state index contributed by atoms with van der Waals surface area (Å²) in [5.41, 5.74) is 17.9. The molecule has 0 amide bonds. The Kier molecular flexibility index (Phi) is 9.75. The molecule has 2 nitrogen and oxygen atoms in total. The molecule has 0 saturated heterocycles. The Bertz CT molecular complexity index is 5320. The SMILES string of the molecule is c1cc(-c2cccc(-c3c4ccccc4c(-c4ccc5c(c4)oc4ccccc45)c4ccccc34)c2)cc(-c2ccc3c(-c4c5ccccc5c(-c5ccc6c(c5)oc5ccccc56)c5ccccc45)cc4ccccc4c3c2)c1. The molecule has 17 aromatic rings. The van der Waals surface area contributed by atoms with Crippen LogP contribution in [0.1, 0.15) is 0 Å². The Hall–Kier alpha value is -10.5. The molecule has 0 saturated carbocycles. The lowest BCUT2D eigenvalue weighted by Crippen LogP contribution is -1.92. The van der Waals surface area contributed by atoms with Gasteiger partial charge < -0.3 is 8.83 Å². The van der Waals surface area contributed by atoms with Gasteiger partial charge in [-0.2, -0.15) is 0 Å². The average Bonchev–Trinajstić information content (AvgIpc) is 4.16. The molecule has 0 radical (unpaired) electrons. The van der Waals surface area contributed by atoms with Gasteiger partial charge >= 0.3 is 0 Å². The van der Waals surface area contributed by atoms with Gasteiger partial charge in [0.25, 0.3) is 0 Å². The first-order valence-electron chi connectivity index (χ1n) is 27.5. The Labute approximate surface area is 460 Å². The van der Waals surface area contributed by atoms with Crippen LogP contribution in [0.15, 0.2) is 288 Å². The van der Waals surface area contributed by atoms with Gasteiger partial charge in [0.15, 0.2) is 0 Å². The van der Waals surface area contributed by atoms with E-state index >= 15 is 0 Å². The van der Waals surface area contributed by atoms with E-state index in [-0.39, 0.29) is 0 Å². The fraction of sp³-hybridized carbons (Fsp3) is 0. The molecule has 0 aliphatic rings. The molecule has 17 rings (SSSR count). The molecule has 0 aliphatic carbocycles. The molecule has 0 unspecified atom stereocenters.